The lowest BCUT2D eigenvalue weighted by atomic mass is 10.0. The number of nitro groups is 1. The maximum Gasteiger partial charge on any atom is 0.427 e. The predicted molar refractivity (Wildman–Crippen MR) is 117 cm³/mol. The summed E-state index contributed by atoms with van der Waals surface area (Å²) in [4.78, 5) is 52.4. The quantitative estimate of drug-likeness (QED) is 0.245. The molecule has 4 N–H and O–H groups in total. The zero-order valence-electron chi connectivity index (χ0n) is 17.4. The van der Waals surface area contributed by atoms with E-state index in [0.29, 0.717) is 5.69 Å². The van der Waals surface area contributed by atoms with Crippen molar-refractivity contribution in [3.63, 3.8) is 0 Å². The van der Waals surface area contributed by atoms with Crippen molar-refractivity contribution < 1.29 is 24.4 Å². The standard InChI is InChI=1S/C20H18N6O7/c1-10(27)21-12-5-3-11(4-6-12)18(28)16(24-25-20(30)33-2)17-19(29)23-15-9-13(26(31)32)7-8-14(15)22-17/h3-9,18,28H,1-2H3,(H,21,27)(H,23,29)(H,25,30)/b24-16+/t18-/m0/s1. The lowest BCUT2D eigenvalue weighted by molar-refractivity contribution is -0.384. The van der Waals surface area contributed by atoms with Crippen LogP contribution < -0.4 is 16.3 Å². The first kappa shape index (κ1) is 23.0. The van der Waals surface area contributed by atoms with Gasteiger partial charge in [-0.05, 0) is 23.8 Å². The summed E-state index contributed by atoms with van der Waals surface area (Å²) in [5, 5.41) is 28.3. The van der Waals surface area contributed by atoms with Gasteiger partial charge in [-0.2, -0.15) is 5.10 Å². The van der Waals surface area contributed by atoms with Gasteiger partial charge in [0.1, 0.15) is 11.8 Å². The number of nitrogens with zero attached hydrogens (tertiary/aromatic N) is 3. The number of aliphatic hydroxyl groups excluding tert-OH is 1. The number of aliphatic hydroxyl groups is 1. The third kappa shape index (κ3) is 5.34. The van der Waals surface area contributed by atoms with Gasteiger partial charge in [0, 0.05) is 24.7 Å². The van der Waals surface area contributed by atoms with Crippen molar-refractivity contribution >= 4 is 40.1 Å². The lowest BCUT2D eigenvalue weighted by Gasteiger charge is -2.14. The van der Waals surface area contributed by atoms with Crippen LogP contribution in [0.15, 0.2) is 52.4 Å². The second kappa shape index (κ2) is 9.65. The normalized spacial score (nSPS) is 12.2. The Balaban J connectivity index is 2.07. The van der Waals surface area contributed by atoms with Crippen LogP contribution in [0.25, 0.3) is 11.0 Å². The Morgan fingerprint density at radius 2 is 1.94 bits per heavy atom. The minimum absolute atomic E-state index is 0.104. The second-order valence-corrected chi connectivity index (χ2v) is 6.68. The van der Waals surface area contributed by atoms with Crippen LogP contribution in [-0.2, 0) is 9.53 Å². The minimum Gasteiger partial charge on any atom is -0.452 e. The third-order valence-corrected chi connectivity index (χ3v) is 4.39. The van der Waals surface area contributed by atoms with E-state index >= 15 is 0 Å². The van der Waals surface area contributed by atoms with E-state index in [1.807, 2.05) is 5.43 Å². The Morgan fingerprint density at radius 1 is 1.24 bits per heavy atom. The number of anilines is 1. The molecule has 0 unspecified atom stereocenters. The number of hydrazone groups is 1. The number of benzene rings is 2. The van der Waals surface area contributed by atoms with Gasteiger partial charge in [-0.3, -0.25) is 19.7 Å². The van der Waals surface area contributed by atoms with Crippen molar-refractivity contribution in [1.29, 1.82) is 0 Å². The Labute approximate surface area is 185 Å². The summed E-state index contributed by atoms with van der Waals surface area (Å²) >= 11 is 0. The number of aromatic amines is 1. The zero-order chi connectivity index (χ0) is 24.1. The van der Waals surface area contributed by atoms with Gasteiger partial charge in [0.15, 0.2) is 5.69 Å². The highest BCUT2D eigenvalue weighted by atomic mass is 16.6. The van der Waals surface area contributed by atoms with Gasteiger partial charge in [-0.1, -0.05) is 12.1 Å². The number of fused-ring (bicyclic) bond motifs is 1. The fourth-order valence-electron chi connectivity index (χ4n) is 2.87. The highest BCUT2D eigenvalue weighted by Gasteiger charge is 2.23. The number of methoxy groups -OCH3 is 1. The third-order valence-electron chi connectivity index (χ3n) is 4.39. The molecule has 0 aliphatic rings. The van der Waals surface area contributed by atoms with Gasteiger partial charge in [0.25, 0.3) is 11.2 Å². The molecule has 2 amide bonds. The molecule has 0 saturated carbocycles. The van der Waals surface area contributed by atoms with Crippen LogP contribution in [0.2, 0.25) is 0 Å². The molecular formula is C20H18N6O7. The molecular weight excluding hydrogens is 436 g/mol. The van der Waals surface area contributed by atoms with E-state index in [0.717, 1.165) is 13.2 Å². The average molecular weight is 454 g/mol. The number of rotatable bonds is 6. The first-order chi connectivity index (χ1) is 15.7. The van der Waals surface area contributed by atoms with Crippen molar-refractivity contribution in [3.05, 3.63) is 74.2 Å². The number of nitro benzene ring substituents is 1. The molecule has 3 aromatic rings. The molecule has 0 fully saturated rings. The van der Waals surface area contributed by atoms with Gasteiger partial charge >= 0.3 is 6.09 Å². The van der Waals surface area contributed by atoms with Crippen LogP contribution in [0.4, 0.5) is 16.2 Å². The van der Waals surface area contributed by atoms with Crippen LogP contribution in [0.1, 0.15) is 24.3 Å². The summed E-state index contributed by atoms with van der Waals surface area (Å²) in [6.07, 6.45) is -2.47. The average Bonchev–Trinajstić information content (AvgIpc) is 2.78. The maximum atomic E-state index is 12.7. The van der Waals surface area contributed by atoms with Crippen molar-refractivity contribution in [3.8, 4) is 0 Å². The number of non-ortho nitro benzene ring substituents is 1. The lowest BCUT2D eigenvalue weighted by Crippen LogP contribution is -2.29. The van der Waals surface area contributed by atoms with Gasteiger partial charge in [-0.15, -0.1) is 0 Å². The van der Waals surface area contributed by atoms with Gasteiger partial charge in [0.2, 0.25) is 5.91 Å². The molecule has 1 atom stereocenters. The van der Waals surface area contributed by atoms with Crippen molar-refractivity contribution in [2.24, 2.45) is 5.10 Å². The Hall–Kier alpha value is -4.65. The first-order valence-corrected chi connectivity index (χ1v) is 9.35. The van der Waals surface area contributed by atoms with Crippen molar-refractivity contribution in [1.82, 2.24) is 15.4 Å². The van der Waals surface area contributed by atoms with Gasteiger partial charge in [0.05, 0.1) is 23.1 Å². The summed E-state index contributed by atoms with van der Waals surface area (Å²) in [6.45, 7) is 1.35. The molecule has 3 rings (SSSR count). The highest BCUT2D eigenvalue weighted by Crippen LogP contribution is 2.21. The van der Waals surface area contributed by atoms with E-state index in [1.165, 1.54) is 43.3 Å². The molecule has 2 aromatic carbocycles. The smallest absolute Gasteiger partial charge is 0.427 e. The highest BCUT2D eigenvalue weighted by molar-refractivity contribution is 6.03. The molecule has 0 radical (unpaired) electrons. The van der Waals surface area contributed by atoms with E-state index in [2.05, 4.69) is 25.1 Å². The second-order valence-electron chi connectivity index (χ2n) is 6.68. The molecule has 0 saturated heterocycles. The largest absolute Gasteiger partial charge is 0.452 e. The predicted octanol–water partition coefficient (Wildman–Crippen LogP) is 1.58. The molecule has 0 bridgehead atoms. The SMILES string of the molecule is COC(=O)N/N=C(\c1nc2ccc([N+](=O)[O-])cc2[nH]c1=O)[C@@H](O)c1ccc(NC(C)=O)cc1. The molecule has 13 heteroatoms. The van der Waals surface area contributed by atoms with Gasteiger partial charge in [-0.25, -0.2) is 15.2 Å². The molecule has 1 heterocycles. The number of nitrogens with one attached hydrogen (secondary N) is 3. The van der Waals surface area contributed by atoms with Crippen LogP contribution in [0.5, 0.6) is 0 Å². The Kier molecular flexibility index (Phi) is 6.74. The summed E-state index contributed by atoms with van der Waals surface area (Å²) in [5.41, 5.74) is 1.41. The van der Waals surface area contributed by atoms with E-state index in [-0.39, 0.29) is 39.6 Å². The van der Waals surface area contributed by atoms with Crippen LogP contribution in [-0.4, -0.2) is 44.8 Å². The fourth-order valence-corrected chi connectivity index (χ4v) is 2.87. The summed E-state index contributed by atoms with van der Waals surface area (Å²) in [7, 11) is 1.11. The number of ether oxygens (including phenoxy) is 1. The number of aromatic nitrogens is 2. The van der Waals surface area contributed by atoms with Crippen LogP contribution in [0, 0.1) is 10.1 Å². The molecule has 33 heavy (non-hydrogen) atoms. The fraction of sp³-hybridized carbons (Fsp3) is 0.150. The number of amides is 2. The van der Waals surface area contributed by atoms with E-state index < -0.39 is 22.7 Å². The summed E-state index contributed by atoms with van der Waals surface area (Å²) < 4.78 is 4.46. The maximum absolute atomic E-state index is 12.7. The number of carbonyl (C=O) groups is 2. The number of H-pyrrole nitrogens is 1. The zero-order valence-corrected chi connectivity index (χ0v) is 17.4. The number of hydrogen-bond donors (Lipinski definition) is 4. The minimum atomic E-state index is -1.52. The first-order valence-electron chi connectivity index (χ1n) is 9.35. The molecule has 0 spiro atoms. The van der Waals surface area contributed by atoms with Crippen molar-refractivity contribution in [2.75, 3.05) is 12.4 Å². The Bertz CT molecular complexity index is 1320. The molecule has 0 aliphatic carbocycles. The van der Waals surface area contributed by atoms with Crippen molar-refractivity contribution in [2.45, 2.75) is 13.0 Å². The summed E-state index contributed by atoms with van der Waals surface area (Å²) in [5.74, 6) is -0.278. The number of carbonyl (C=O) groups excluding carboxylic acids is 2. The Morgan fingerprint density at radius 3 is 2.55 bits per heavy atom. The van der Waals surface area contributed by atoms with E-state index in [9.17, 15) is 29.6 Å². The number of hydrogen-bond acceptors (Lipinski definition) is 9. The van der Waals surface area contributed by atoms with Crippen LogP contribution >= 0.6 is 0 Å². The van der Waals surface area contributed by atoms with Gasteiger partial charge < -0.3 is 20.1 Å². The topological polar surface area (TPSA) is 189 Å². The molecule has 170 valence electrons. The summed E-state index contributed by atoms with van der Waals surface area (Å²) in [6, 6.07) is 9.72. The van der Waals surface area contributed by atoms with E-state index in [4.69, 9.17) is 0 Å². The molecule has 13 nitrogen and oxygen atoms in total. The van der Waals surface area contributed by atoms with Crippen LogP contribution in [0.3, 0.4) is 0 Å². The van der Waals surface area contributed by atoms with E-state index in [1.54, 1.807) is 0 Å². The molecule has 1 aromatic heterocycles. The molecule has 0 aliphatic heterocycles. The monoisotopic (exact) mass is 454 g/mol.